The van der Waals surface area contributed by atoms with Gasteiger partial charge in [0.15, 0.2) is 5.69 Å². The van der Waals surface area contributed by atoms with Crippen molar-refractivity contribution in [3.8, 4) is 0 Å². The molecule has 0 saturated carbocycles. The molecule has 2 fully saturated rings. The smallest absolute Gasteiger partial charge is 0.276 e. The Labute approximate surface area is 164 Å². The fraction of sp³-hybridized carbons (Fsp3) is 0.550. The molecular weight excluding hydrogens is 361 g/mol. The zero-order valence-electron chi connectivity index (χ0n) is 16.0. The Bertz CT molecular complexity index is 805. The molecule has 0 N–H and O–H groups in total. The first-order valence-electron chi connectivity index (χ1n) is 9.97. The number of ether oxygens (including phenoxy) is 1. The highest BCUT2D eigenvalue weighted by Gasteiger charge is 2.30. The van der Waals surface area contributed by atoms with Crippen molar-refractivity contribution in [2.24, 2.45) is 0 Å². The van der Waals surface area contributed by atoms with Crippen LogP contribution in [-0.4, -0.2) is 70.1 Å². The van der Waals surface area contributed by atoms with Crippen LogP contribution in [0.4, 0.5) is 4.39 Å². The van der Waals surface area contributed by atoms with Crippen LogP contribution in [0.15, 0.2) is 30.5 Å². The van der Waals surface area contributed by atoms with Crippen LogP contribution in [0.5, 0.6) is 0 Å². The topological polar surface area (TPSA) is 63.5 Å². The van der Waals surface area contributed by atoms with Gasteiger partial charge in [0, 0.05) is 26.2 Å². The zero-order chi connectivity index (χ0) is 19.3. The number of halogens is 1. The van der Waals surface area contributed by atoms with Gasteiger partial charge in [0.1, 0.15) is 5.82 Å². The second-order valence-electron chi connectivity index (χ2n) is 7.39. The van der Waals surface area contributed by atoms with Gasteiger partial charge in [0.05, 0.1) is 32.0 Å². The van der Waals surface area contributed by atoms with Crippen molar-refractivity contribution >= 4 is 5.91 Å². The summed E-state index contributed by atoms with van der Waals surface area (Å²) in [5, 5.41) is 8.23. The molecule has 0 spiro atoms. The van der Waals surface area contributed by atoms with Crippen LogP contribution in [0.1, 0.15) is 41.4 Å². The lowest BCUT2D eigenvalue weighted by Gasteiger charge is -2.35. The Balaban J connectivity index is 1.43. The molecular formula is C20H26FN5O2. The lowest BCUT2D eigenvalue weighted by molar-refractivity contribution is 0.0359. The maximum Gasteiger partial charge on any atom is 0.276 e. The number of hydrogen-bond acceptors (Lipinski definition) is 5. The Morgan fingerprint density at radius 3 is 2.86 bits per heavy atom. The number of piperidine rings is 1. The molecule has 2 saturated heterocycles. The standard InChI is InChI=1S/C20H26FN5O2/c21-17-5-3-4-16(14-17)19-6-1-2-7-26(19)20(27)18-15-25(23-22-18)9-8-24-10-12-28-13-11-24/h3-5,14-15,19H,1-2,6-13H2/t19-/m1/s1. The Kier molecular flexibility index (Phi) is 5.97. The second kappa shape index (κ2) is 8.79. The Hall–Kier alpha value is -2.32. The van der Waals surface area contributed by atoms with E-state index >= 15 is 0 Å². The van der Waals surface area contributed by atoms with E-state index in [-0.39, 0.29) is 17.8 Å². The van der Waals surface area contributed by atoms with Crippen LogP contribution >= 0.6 is 0 Å². The van der Waals surface area contributed by atoms with E-state index in [2.05, 4.69) is 15.2 Å². The molecule has 1 atom stereocenters. The molecule has 4 rings (SSSR count). The summed E-state index contributed by atoms with van der Waals surface area (Å²) in [4.78, 5) is 17.2. The number of benzene rings is 1. The fourth-order valence-electron chi connectivity index (χ4n) is 3.96. The molecule has 1 aromatic carbocycles. The van der Waals surface area contributed by atoms with E-state index in [0.29, 0.717) is 18.8 Å². The minimum absolute atomic E-state index is 0.115. The largest absolute Gasteiger partial charge is 0.379 e. The van der Waals surface area contributed by atoms with E-state index in [4.69, 9.17) is 4.74 Å². The Morgan fingerprint density at radius 1 is 1.18 bits per heavy atom. The first kappa shape index (κ1) is 19.0. The summed E-state index contributed by atoms with van der Waals surface area (Å²) in [6, 6.07) is 6.42. The summed E-state index contributed by atoms with van der Waals surface area (Å²) in [6.07, 6.45) is 4.53. The van der Waals surface area contributed by atoms with Crippen molar-refractivity contribution in [3.05, 3.63) is 47.5 Å². The van der Waals surface area contributed by atoms with Crippen molar-refractivity contribution in [2.75, 3.05) is 39.4 Å². The zero-order valence-corrected chi connectivity index (χ0v) is 16.0. The molecule has 7 nitrogen and oxygen atoms in total. The molecule has 0 radical (unpaired) electrons. The van der Waals surface area contributed by atoms with Crippen LogP contribution < -0.4 is 0 Å². The van der Waals surface area contributed by atoms with Crippen LogP contribution in [0.2, 0.25) is 0 Å². The number of likely N-dealkylation sites (tertiary alicyclic amines) is 1. The first-order chi connectivity index (χ1) is 13.7. The van der Waals surface area contributed by atoms with Gasteiger partial charge in [-0.1, -0.05) is 17.3 Å². The summed E-state index contributed by atoms with van der Waals surface area (Å²) < 4.78 is 20.8. The van der Waals surface area contributed by atoms with E-state index < -0.39 is 0 Å². The number of rotatable bonds is 5. The second-order valence-corrected chi connectivity index (χ2v) is 7.39. The molecule has 1 aromatic heterocycles. The first-order valence-corrected chi connectivity index (χ1v) is 9.97. The molecule has 8 heteroatoms. The molecule has 3 heterocycles. The van der Waals surface area contributed by atoms with Gasteiger partial charge in [0.25, 0.3) is 5.91 Å². The molecule has 28 heavy (non-hydrogen) atoms. The van der Waals surface area contributed by atoms with Gasteiger partial charge < -0.3 is 9.64 Å². The van der Waals surface area contributed by atoms with Crippen LogP contribution in [0.3, 0.4) is 0 Å². The number of nitrogens with zero attached hydrogens (tertiary/aromatic N) is 5. The maximum atomic E-state index is 13.7. The van der Waals surface area contributed by atoms with Gasteiger partial charge in [0.2, 0.25) is 0 Å². The van der Waals surface area contributed by atoms with Crippen molar-refractivity contribution in [2.45, 2.75) is 31.8 Å². The third kappa shape index (κ3) is 4.39. The average Bonchev–Trinajstić information content (AvgIpc) is 3.22. The van der Waals surface area contributed by atoms with E-state index in [9.17, 15) is 9.18 Å². The summed E-state index contributed by atoms with van der Waals surface area (Å²) in [7, 11) is 0. The summed E-state index contributed by atoms with van der Waals surface area (Å²) in [5.41, 5.74) is 1.19. The van der Waals surface area contributed by atoms with Crippen LogP contribution in [-0.2, 0) is 11.3 Å². The predicted octanol–water partition coefficient (Wildman–Crippen LogP) is 2.12. The van der Waals surface area contributed by atoms with Crippen molar-refractivity contribution in [3.63, 3.8) is 0 Å². The highest BCUT2D eigenvalue weighted by atomic mass is 19.1. The number of morpholine rings is 1. The fourth-order valence-corrected chi connectivity index (χ4v) is 3.96. The molecule has 0 aliphatic carbocycles. The highest BCUT2D eigenvalue weighted by Crippen LogP contribution is 2.32. The summed E-state index contributed by atoms with van der Waals surface area (Å²) in [6.45, 7) is 5.56. The number of aromatic nitrogens is 3. The molecule has 2 aliphatic rings. The van der Waals surface area contributed by atoms with Crippen molar-refractivity contribution < 1.29 is 13.9 Å². The molecule has 0 unspecified atom stereocenters. The highest BCUT2D eigenvalue weighted by molar-refractivity contribution is 5.92. The van der Waals surface area contributed by atoms with Gasteiger partial charge in [-0.3, -0.25) is 14.4 Å². The molecule has 150 valence electrons. The monoisotopic (exact) mass is 387 g/mol. The van der Waals surface area contributed by atoms with Gasteiger partial charge in [-0.25, -0.2) is 4.39 Å². The maximum absolute atomic E-state index is 13.7. The number of carbonyl (C=O) groups excluding carboxylic acids is 1. The SMILES string of the molecule is O=C(c1cn(CCN2CCOCC2)nn1)N1CCCC[C@@H]1c1cccc(F)c1. The van der Waals surface area contributed by atoms with Gasteiger partial charge in [-0.2, -0.15) is 0 Å². The molecule has 0 bridgehead atoms. The summed E-state index contributed by atoms with van der Waals surface area (Å²) in [5.74, 6) is -0.406. The minimum atomic E-state index is -0.274. The average molecular weight is 387 g/mol. The lowest BCUT2D eigenvalue weighted by atomic mass is 9.95. The van der Waals surface area contributed by atoms with Gasteiger partial charge >= 0.3 is 0 Å². The number of hydrogen-bond donors (Lipinski definition) is 0. The van der Waals surface area contributed by atoms with E-state index in [0.717, 1.165) is 57.7 Å². The molecule has 2 aromatic rings. The van der Waals surface area contributed by atoms with Gasteiger partial charge in [-0.15, -0.1) is 5.10 Å². The van der Waals surface area contributed by atoms with E-state index in [1.807, 2.05) is 11.0 Å². The number of amides is 1. The number of carbonyl (C=O) groups is 1. The van der Waals surface area contributed by atoms with Crippen LogP contribution in [0.25, 0.3) is 0 Å². The lowest BCUT2D eigenvalue weighted by Crippen LogP contribution is -2.38. The molecule has 2 aliphatic heterocycles. The van der Waals surface area contributed by atoms with E-state index in [1.54, 1.807) is 16.9 Å². The van der Waals surface area contributed by atoms with Crippen LogP contribution in [0, 0.1) is 5.82 Å². The quantitative estimate of drug-likeness (QED) is 0.786. The minimum Gasteiger partial charge on any atom is -0.379 e. The van der Waals surface area contributed by atoms with Crippen molar-refractivity contribution in [1.82, 2.24) is 24.8 Å². The Morgan fingerprint density at radius 2 is 2.04 bits per heavy atom. The van der Waals surface area contributed by atoms with Gasteiger partial charge in [-0.05, 0) is 37.0 Å². The normalized spacial score (nSPS) is 21.0. The van der Waals surface area contributed by atoms with E-state index in [1.165, 1.54) is 12.1 Å². The third-order valence-corrected chi connectivity index (χ3v) is 5.50. The molecule has 1 amide bonds. The summed E-state index contributed by atoms with van der Waals surface area (Å²) >= 11 is 0. The predicted molar refractivity (Wildman–Crippen MR) is 101 cm³/mol. The third-order valence-electron chi connectivity index (χ3n) is 5.50. The van der Waals surface area contributed by atoms with Crippen molar-refractivity contribution in [1.29, 1.82) is 0 Å².